The van der Waals surface area contributed by atoms with E-state index in [-0.39, 0.29) is 45.7 Å². The Hall–Kier alpha value is -3.68. The van der Waals surface area contributed by atoms with Crippen LogP contribution in [-0.4, -0.2) is 74.5 Å². The van der Waals surface area contributed by atoms with Crippen LogP contribution in [-0.2, 0) is 25.6 Å². The van der Waals surface area contributed by atoms with Crippen molar-refractivity contribution in [3.8, 4) is 0 Å². The van der Waals surface area contributed by atoms with Crippen LogP contribution >= 0.6 is 0 Å². The summed E-state index contributed by atoms with van der Waals surface area (Å²) < 4.78 is 63.8. The summed E-state index contributed by atoms with van der Waals surface area (Å²) in [6.07, 6.45) is -0.162. The minimum absolute atomic E-state index is 0.0160. The third kappa shape index (κ3) is 7.75. The van der Waals surface area contributed by atoms with Crippen molar-refractivity contribution >= 4 is 39.1 Å². The number of rotatable bonds is 7. The van der Waals surface area contributed by atoms with Crippen LogP contribution < -0.4 is 15.5 Å². The lowest BCUT2D eigenvalue weighted by Gasteiger charge is -2.33. The lowest BCUT2D eigenvalue weighted by molar-refractivity contribution is -0.137. The van der Waals surface area contributed by atoms with Crippen molar-refractivity contribution < 1.29 is 36.0 Å². The summed E-state index contributed by atoms with van der Waals surface area (Å²) in [7, 11) is -3.69. The molecule has 14 heteroatoms. The zero-order valence-electron chi connectivity index (χ0n) is 22.7. The molecule has 2 saturated heterocycles. The van der Waals surface area contributed by atoms with Crippen LogP contribution in [0.4, 0.5) is 24.7 Å². The number of aromatic nitrogens is 1. The smallest absolute Gasteiger partial charge is 0.355 e. The number of likely N-dealkylation sites (tertiary alicyclic amines) is 1. The van der Waals surface area contributed by atoms with Gasteiger partial charge in [0.1, 0.15) is 0 Å². The van der Waals surface area contributed by atoms with Gasteiger partial charge < -0.3 is 20.4 Å². The molecule has 1 atom stereocenters. The Labute approximate surface area is 236 Å². The van der Waals surface area contributed by atoms with Gasteiger partial charge in [-0.1, -0.05) is 6.07 Å². The van der Waals surface area contributed by atoms with Crippen molar-refractivity contribution in [1.29, 1.82) is 0 Å². The van der Waals surface area contributed by atoms with Crippen molar-refractivity contribution in [3.05, 3.63) is 47.7 Å². The average molecular weight is 596 g/mol. The Morgan fingerprint density at radius 3 is 2.39 bits per heavy atom. The molecule has 4 rings (SSSR count). The minimum Gasteiger partial charge on any atom is -0.355 e. The van der Waals surface area contributed by atoms with Gasteiger partial charge in [0.25, 0.3) is 5.91 Å². The van der Waals surface area contributed by atoms with Gasteiger partial charge in [0.2, 0.25) is 11.8 Å². The number of hydrogen-bond acceptors (Lipinski definition) is 7. The standard InChI is InChI=1S/C27H32F3N5O5S/c1-17(36)35-11-8-21(16-35)32-24(37)12-18-6-9-34(10-7-18)25-23(14-22(15-31-25)41(2,39)40)33-26(38)19-4-3-5-20(13-19)27(28,29)30/h3-5,13-15,18,21H,6-12,16H2,1-2H3,(H,32,37)(H,33,38)/t21-/m1/s1. The van der Waals surface area contributed by atoms with E-state index in [9.17, 15) is 36.0 Å². The highest BCUT2D eigenvalue weighted by Gasteiger charge is 2.32. The Kier molecular flexibility index (Phi) is 8.90. The highest BCUT2D eigenvalue weighted by molar-refractivity contribution is 7.90. The fraction of sp³-hybridized carbons (Fsp3) is 0.481. The number of hydrogen-bond donors (Lipinski definition) is 2. The van der Waals surface area contributed by atoms with Crippen LogP contribution in [0, 0.1) is 5.92 Å². The molecule has 0 unspecified atom stereocenters. The van der Waals surface area contributed by atoms with E-state index in [4.69, 9.17) is 0 Å². The van der Waals surface area contributed by atoms with Crippen LogP contribution in [0.25, 0.3) is 0 Å². The number of anilines is 2. The Morgan fingerprint density at radius 1 is 1.07 bits per heavy atom. The van der Waals surface area contributed by atoms with Gasteiger partial charge in [0.15, 0.2) is 15.7 Å². The monoisotopic (exact) mass is 595 g/mol. The number of alkyl halides is 3. The molecule has 1 aromatic carbocycles. The van der Waals surface area contributed by atoms with Gasteiger partial charge in [-0.15, -0.1) is 0 Å². The third-order valence-electron chi connectivity index (χ3n) is 7.36. The fourth-order valence-electron chi connectivity index (χ4n) is 5.08. The molecule has 0 radical (unpaired) electrons. The Bertz CT molecular complexity index is 1420. The van der Waals surface area contributed by atoms with E-state index in [0.29, 0.717) is 51.9 Å². The summed E-state index contributed by atoms with van der Waals surface area (Å²) in [5.74, 6) is -0.557. The van der Waals surface area contributed by atoms with Crippen molar-refractivity contribution in [3.63, 3.8) is 0 Å². The molecular formula is C27H32F3N5O5S. The lowest BCUT2D eigenvalue weighted by Crippen LogP contribution is -2.40. The summed E-state index contributed by atoms with van der Waals surface area (Å²) in [6, 6.07) is 5.12. The van der Waals surface area contributed by atoms with Gasteiger partial charge >= 0.3 is 6.18 Å². The topological polar surface area (TPSA) is 129 Å². The quantitative estimate of drug-likeness (QED) is 0.504. The number of benzene rings is 1. The van der Waals surface area contributed by atoms with Gasteiger partial charge in [0.05, 0.1) is 16.1 Å². The maximum absolute atomic E-state index is 13.2. The predicted molar refractivity (Wildman–Crippen MR) is 145 cm³/mol. The molecule has 2 aromatic rings. The first-order chi connectivity index (χ1) is 19.2. The number of carbonyl (C=O) groups excluding carboxylic acids is 3. The predicted octanol–water partition coefficient (Wildman–Crippen LogP) is 3.10. The van der Waals surface area contributed by atoms with E-state index < -0.39 is 27.5 Å². The van der Waals surface area contributed by atoms with Gasteiger partial charge in [-0.2, -0.15) is 13.2 Å². The molecular weight excluding hydrogens is 563 g/mol. The van der Waals surface area contributed by atoms with Gasteiger partial charge in [-0.3, -0.25) is 14.4 Å². The number of halogens is 3. The molecule has 0 bridgehead atoms. The van der Waals surface area contributed by atoms with E-state index in [2.05, 4.69) is 15.6 Å². The largest absolute Gasteiger partial charge is 0.416 e. The molecule has 41 heavy (non-hydrogen) atoms. The molecule has 222 valence electrons. The van der Waals surface area contributed by atoms with Crippen molar-refractivity contribution in [2.45, 2.75) is 49.7 Å². The van der Waals surface area contributed by atoms with Crippen LogP contribution in [0.15, 0.2) is 41.4 Å². The van der Waals surface area contributed by atoms with Crippen molar-refractivity contribution in [1.82, 2.24) is 15.2 Å². The first-order valence-electron chi connectivity index (χ1n) is 13.2. The van der Waals surface area contributed by atoms with Gasteiger partial charge in [-0.25, -0.2) is 13.4 Å². The van der Waals surface area contributed by atoms with Gasteiger partial charge in [-0.05, 0) is 49.4 Å². The summed E-state index contributed by atoms with van der Waals surface area (Å²) in [6.45, 7) is 3.57. The zero-order chi connectivity index (χ0) is 29.9. The van der Waals surface area contributed by atoms with E-state index in [1.165, 1.54) is 25.3 Å². The van der Waals surface area contributed by atoms with Crippen LogP contribution in [0.2, 0.25) is 0 Å². The molecule has 10 nitrogen and oxygen atoms in total. The number of nitrogens with zero attached hydrogens (tertiary/aromatic N) is 3. The fourth-order valence-corrected chi connectivity index (χ4v) is 5.65. The normalized spacial score (nSPS) is 18.3. The highest BCUT2D eigenvalue weighted by atomic mass is 32.2. The molecule has 0 saturated carbocycles. The van der Waals surface area contributed by atoms with Gasteiger partial charge in [0, 0.05) is 63.6 Å². The summed E-state index contributed by atoms with van der Waals surface area (Å²) in [5.41, 5.74) is -1.17. The Morgan fingerprint density at radius 2 is 1.78 bits per heavy atom. The van der Waals surface area contributed by atoms with Crippen LogP contribution in [0.5, 0.6) is 0 Å². The molecule has 2 N–H and O–H groups in total. The van der Waals surface area contributed by atoms with Crippen LogP contribution in [0.3, 0.4) is 0 Å². The maximum atomic E-state index is 13.2. The number of amides is 3. The summed E-state index contributed by atoms with van der Waals surface area (Å²) in [5, 5.41) is 5.54. The summed E-state index contributed by atoms with van der Waals surface area (Å²) in [4.78, 5) is 44.7. The molecule has 2 fully saturated rings. The number of carbonyl (C=O) groups is 3. The molecule has 3 amide bonds. The highest BCUT2D eigenvalue weighted by Crippen LogP contribution is 2.32. The first-order valence-corrected chi connectivity index (χ1v) is 15.1. The second kappa shape index (κ2) is 12.0. The average Bonchev–Trinajstić information content (AvgIpc) is 3.37. The Balaban J connectivity index is 1.43. The molecule has 3 heterocycles. The van der Waals surface area contributed by atoms with E-state index in [0.717, 1.165) is 24.5 Å². The van der Waals surface area contributed by atoms with E-state index in [1.54, 1.807) is 4.90 Å². The van der Waals surface area contributed by atoms with Crippen molar-refractivity contribution in [2.24, 2.45) is 5.92 Å². The van der Waals surface area contributed by atoms with Crippen molar-refractivity contribution in [2.75, 3.05) is 42.7 Å². The van der Waals surface area contributed by atoms with Crippen LogP contribution in [0.1, 0.15) is 48.5 Å². The molecule has 2 aliphatic rings. The molecule has 0 spiro atoms. The zero-order valence-corrected chi connectivity index (χ0v) is 23.5. The lowest BCUT2D eigenvalue weighted by atomic mass is 9.93. The minimum atomic E-state index is -4.63. The number of piperidine rings is 1. The number of sulfone groups is 1. The third-order valence-corrected chi connectivity index (χ3v) is 8.44. The molecule has 0 aliphatic carbocycles. The second-order valence-corrected chi connectivity index (χ2v) is 12.5. The van der Waals surface area contributed by atoms with E-state index in [1.807, 2.05) is 4.90 Å². The maximum Gasteiger partial charge on any atom is 0.416 e. The molecule has 1 aromatic heterocycles. The summed E-state index contributed by atoms with van der Waals surface area (Å²) >= 11 is 0. The SMILES string of the molecule is CC(=O)N1CC[C@@H](NC(=O)CC2CCN(c3ncc(S(C)(=O)=O)cc3NC(=O)c3cccc(C(F)(F)F)c3)CC2)C1. The molecule has 2 aliphatic heterocycles. The number of nitrogens with one attached hydrogen (secondary N) is 2. The number of pyridine rings is 1. The van der Waals surface area contributed by atoms with E-state index >= 15 is 0 Å². The first kappa shape index (κ1) is 30.3. The second-order valence-electron chi connectivity index (χ2n) is 10.5.